The van der Waals surface area contributed by atoms with Crippen molar-refractivity contribution in [3.63, 3.8) is 0 Å². The van der Waals surface area contributed by atoms with Crippen molar-refractivity contribution in [1.82, 2.24) is 4.90 Å². The number of anilines is 2. The van der Waals surface area contributed by atoms with Crippen molar-refractivity contribution in [2.24, 2.45) is 5.92 Å². The molecule has 3 amide bonds. The van der Waals surface area contributed by atoms with Crippen LogP contribution in [0, 0.1) is 5.92 Å². The molecule has 130 valence electrons. The number of nitrogens with zero attached hydrogens (tertiary/aromatic N) is 1. The lowest BCUT2D eigenvalue weighted by Crippen LogP contribution is -2.38. The zero-order chi connectivity index (χ0) is 17.6. The van der Waals surface area contributed by atoms with Gasteiger partial charge in [0.1, 0.15) is 0 Å². The fourth-order valence-corrected chi connectivity index (χ4v) is 2.97. The number of para-hydroxylation sites is 2. The fraction of sp³-hybridized carbons (Fsp3) is 0.300. The van der Waals surface area contributed by atoms with E-state index in [1.54, 1.807) is 12.1 Å². The van der Waals surface area contributed by atoms with Gasteiger partial charge in [-0.15, -0.1) is 0 Å². The number of nitrogens with one attached hydrogen (secondary N) is 2. The minimum Gasteiger partial charge on any atom is -0.339 e. The molecule has 2 N–H and O–H groups in total. The second-order valence-electron chi connectivity index (χ2n) is 6.47. The van der Waals surface area contributed by atoms with E-state index in [1.807, 2.05) is 47.4 Å². The highest BCUT2D eigenvalue weighted by molar-refractivity contribution is 6.06. The van der Waals surface area contributed by atoms with Gasteiger partial charge in [-0.25, -0.2) is 4.79 Å². The van der Waals surface area contributed by atoms with Crippen molar-refractivity contribution in [2.45, 2.75) is 19.8 Å². The number of carbonyl (C=O) groups is 2. The van der Waals surface area contributed by atoms with Gasteiger partial charge in [0, 0.05) is 18.8 Å². The Morgan fingerprint density at radius 1 is 0.920 bits per heavy atom. The van der Waals surface area contributed by atoms with Crippen molar-refractivity contribution >= 4 is 23.3 Å². The van der Waals surface area contributed by atoms with E-state index in [9.17, 15) is 9.59 Å². The molecule has 2 aromatic carbocycles. The molecule has 0 aliphatic carbocycles. The van der Waals surface area contributed by atoms with Gasteiger partial charge in [-0.2, -0.15) is 0 Å². The summed E-state index contributed by atoms with van der Waals surface area (Å²) in [4.78, 5) is 26.9. The standard InChI is InChI=1S/C20H23N3O2/c1-15-11-13-23(14-12-15)19(24)17-9-5-6-10-18(17)22-20(25)21-16-7-3-2-4-8-16/h2-10,15H,11-14H2,1H3,(H2,21,22,25). The van der Waals surface area contributed by atoms with Gasteiger partial charge in [0.05, 0.1) is 11.3 Å². The van der Waals surface area contributed by atoms with Crippen LogP contribution in [-0.4, -0.2) is 29.9 Å². The Labute approximate surface area is 148 Å². The van der Waals surface area contributed by atoms with E-state index in [4.69, 9.17) is 0 Å². The fourth-order valence-electron chi connectivity index (χ4n) is 2.97. The predicted molar refractivity (Wildman–Crippen MR) is 99.8 cm³/mol. The minimum atomic E-state index is -0.362. The molecule has 25 heavy (non-hydrogen) atoms. The van der Waals surface area contributed by atoms with Crippen LogP contribution in [0.5, 0.6) is 0 Å². The van der Waals surface area contributed by atoms with E-state index in [-0.39, 0.29) is 11.9 Å². The van der Waals surface area contributed by atoms with Gasteiger partial charge < -0.3 is 15.5 Å². The zero-order valence-corrected chi connectivity index (χ0v) is 14.4. The van der Waals surface area contributed by atoms with Crippen LogP contribution in [-0.2, 0) is 0 Å². The van der Waals surface area contributed by atoms with Crippen molar-refractivity contribution in [3.8, 4) is 0 Å². The molecule has 1 fully saturated rings. The van der Waals surface area contributed by atoms with Crippen LogP contribution >= 0.6 is 0 Å². The lowest BCUT2D eigenvalue weighted by atomic mass is 9.98. The normalized spacial score (nSPS) is 14.8. The Bertz CT molecular complexity index is 738. The second kappa shape index (κ2) is 7.83. The first-order chi connectivity index (χ1) is 12.1. The second-order valence-corrected chi connectivity index (χ2v) is 6.47. The van der Waals surface area contributed by atoms with E-state index >= 15 is 0 Å². The molecule has 5 nitrogen and oxygen atoms in total. The van der Waals surface area contributed by atoms with Crippen molar-refractivity contribution in [2.75, 3.05) is 23.7 Å². The van der Waals surface area contributed by atoms with E-state index in [0.717, 1.165) is 25.9 Å². The van der Waals surface area contributed by atoms with Gasteiger partial charge >= 0.3 is 6.03 Å². The minimum absolute atomic E-state index is 0.0255. The van der Waals surface area contributed by atoms with Crippen LogP contribution in [0.25, 0.3) is 0 Å². The van der Waals surface area contributed by atoms with Crippen LogP contribution in [0.15, 0.2) is 54.6 Å². The lowest BCUT2D eigenvalue weighted by Gasteiger charge is -2.30. The third-order valence-electron chi connectivity index (χ3n) is 4.51. The summed E-state index contributed by atoms with van der Waals surface area (Å²) in [5.41, 5.74) is 1.76. The van der Waals surface area contributed by atoms with Gasteiger partial charge in [0.25, 0.3) is 5.91 Å². The number of urea groups is 1. The third-order valence-corrected chi connectivity index (χ3v) is 4.51. The molecule has 5 heteroatoms. The molecule has 3 rings (SSSR count). The molecule has 0 spiro atoms. The Morgan fingerprint density at radius 3 is 2.28 bits per heavy atom. The summed E-state index contributed by atoms with van der Waals surface area (Å²) in [7, 11) is 0. The maximum Gasteiger partial charge on any atom is 0.323 e. The molecule has 2 aromatic rings. The molecule has 1 aliphatic heterocycles. The number of benzene rings is 2. The third kappa shape index (κ3) is 4.38. The average Bonchev–Trinajstić information content (AvgIpc) is 2.63. The van der Waals surface area contributed by atoms with Crippen molar-refractivity contribution < 1.29 is 9.59 Å². The van der Waals surface area contributed by atoms with E-state index in [2.05, 4.69) is 17.6 Å². The highest BCUT2D eigenvalue weighted by Crippen LogP contribution is 2.22. The molecule has 0 radical (unpaired) electrons. The van der Waals surface area contributed by atoms with Crippen LogP contribution in [0.2, 0.25) is 0 Å². The maximum atomic E-state index is 12.8. The average molecular weight is 337 g/mol. The number of rotatable bonds is 3. The van der Waals surface area contributed by atoms with Gasteiger partial charge in [0.15, 0.2) is 0 Å². The molecular weight excluding hydrogens is 314 g/mol. The van der Waals surface area contributed by atoms with Gasteiger partial charge in [-0.05, 0) is 43.0 Å². The quantitative estimate of drug-likeness (QED) is 0.881. The highest BCUT2D eigenvalue weighted by Gasteiger charge is 2.23. The Kier molecular flexibility index (Phi) is 5.33. The van der Waals surface area contributed by atoms with Gasteiger partial charge in [-0.1, -0.05) is 37.3 Å². The summed E-state index contributed by atoms with van der Waals surface area (Å²) >= 11 is 0. The molecule has 0 aromatic heterocycles. The Balaban J connectivity index is 1.70. The van der Waals surface area contributed by atoms with Crippen LogP contribution in [0.4, 0.5) is 16.2 Å². The largest absolute Gasteiger partial charge is 0.339 e. The summed E-state index contributed by atoms with van der Waals surface area (Å²) in [6, 6.07) is 16.0. The van der Waals surface area contributed by atoms with E-state index in [1.165, 1.54) is 0 Å². The summed E-state index contributed by atoms with van der Waals surface area (Å²) in [6.45, 7) is 3.75. The van der Waals surface area contributed by atoms with E-state index in [0.29, 0.717) is 22.9 Å². The van der Waals surface area contributed by atoms with E-state index < -0.39 is 0 Å². The number of carbonyl (C=O) groups excluding carboxylic acids is 2. The molecule has 1 aliphatic rings. The van der Waals surface area contributed by atoms with Crippen molar-refractivity contribution in [3.05, 3.63) is 60.2 Å². The topological polar surface area (TPSA) is 61.4 Å². The highest BCUT2D eigenvalue weighted by atomic mass is 16.2. The number of likely N-dealkylation sites (tertiary alicyclic amines) is 1. The number of hydrogen-bond acceptors (Lipinski definition) is 2. The molecule has 0 atom stereocenters. The van der Waals surface area contributed by atoms with Gasteiger partial charge in [0.2, 0.25) is 0 Å². The first-order valence-corrected chi connectivity index (χ1v) is 8.65. The van der Waals surface area contributed by atoms with Gasteiger partial charge in [-0.3, -0.25) is 4.79 Å². The summed E-state index contributed by atoms with van der Waals surface area (Å²) < 4.78 is 0. The Hall–Kier alpha value is -2.82. The zero-order valence-electron chi connectivity index (χ0n) is 14.4. The monoisotopic (exact) mass is 337 g/mol. The Morgan fingerprint density at radius 2 is 1.56 bits per heavy atom. The predicted octanol–water partition coefficient (Wildman–Crippen LogP) is 4.20. The molecule has 1 saturated heterocycles. The number of hydrogen-bond donors (Lipinski definition) is 2. The molecule has 0 saturated carbocycles. The smallest absolute Gasteiger partial charge is 0.323 e. The maximum absolute atomic E-state index is 12.8. The summed E-state index contributed by atoms with van der Waals surface area (Å²) in [6.07, 6.45) is 2.05. The molecule has 0 bridgehead atoms. The molecule has 1 heterocycles. The van der Waals surface area contributed by atoms with Crippen LogP contribution in [0.3, 0.4) is 0 Å². The molecular formula is C20H23N3O2. The first kappa shape index (κ1) is 17.0. The molecule has 0 unspecified atom stereocenters. The van der Waals surface area contributed by atoms with Crippen LogP contribution in [0.1, 0.15) is 30.1 Å². The lowest BCUT2D eigenvalue weighted by molar-refractivity contribution is 0.0698. The van der Waals surface area contributed by atoms with Crippen LogP contribution < -0.4 is 10.6 Å². The summed E-state index contributed by atoms with van der Waals surface area (Å²) in [5, 5.41) is 5.56. The summed E-state index contributed by atoms with van der Waals surface area (Å²) in [5.74, 6) is 0.636. The van der Waals surface area contributed by atoms with Crippen molar-refractivity contribution in [1.29, 1.82) is 0 Å². The first-order valence-electron chi connectivity index (χ1n) is 8.65. The SMILES string of the molecule is CC1CCN(C(=O)c2ccccc2NC(=O)Nc2ccccc2)CC1. The number of piperidine rings is 1. The number of amides is 3.